The van der Waals surface area contributed by atoms with Gasteiger partial charge in [-0.2, -0.15) is 0 Å². The summed E-state index contributed by atoms with van der Waals surface area (Å²) in [5.74, 6) is -0.614. The molecule has 0 aliphatic heterocycles. The highest BCUT2D eigenvalue weighted by molar-refractivity contribution is 6.01. The fourth-order valence-electron chi connectivity index (χ4n) is 2.61. The molecular formula is C20H17NO6. The Morgan fingerprint density at radius 3 is 2.67 bits per heavy atom. The summed E-state index contributed by atoms with van der Waals surface area (Å²) in [4.78, 5) is 35.4. The average molecular weight is 367 g/mol. The summed E-state index contributed by atoms with van der Waals surface area (Å²) in [5.41, 5.74) is 1.31. The molecule has 0 aliphatic rings. The molecule has 0 unspecified atom stereocenters. The maximum absolute atomic E-state index is 12.2. The lowest BCUT2D eigenvalue weighted by Crippen LogP contribution is -2.21. The Hall–Kier alpha value is -3.61. The molecule has 0 spiro atoms. The van der Waals surface area contributed by atoms with Gasteiger partial charge in [0.2, 0.25) is 0 Å². The number of benzene rings is 2. The molecule has 1 heterocycles. The molecule has 7 heteroatoms. The van der Waals surface area contributed by atoms with E-state index >= 15 is 0 Å². The number of anilines is 1. The van der Waals surface area contributed by atoms with Crippen molar-refractivity contribution in [1.82, 2.24) is 0 Å². The fraction of sp³-hybridized carbons (Fsp3) is 0.150. The van der Waals surface area contributed by atoms with Gasteiger partial charge in [0.15, 0.2) is 6.61 Å². The van der Waals surface area contributed by atoms with E-state index in [1.54, 1.807) is 42.5 Å². The van der Waals surface area contributed by atoms with Gasteiger partial charge in [-0.1, -0.05) is 12.1 Å². The van der Waals surface area contributed by atoms with Crippen LogP contribution in [0.2, 0.25) is 0 Å². The van der Waals surface area contributed by atoms with Crippen molar-refractivity contribution in [3.05, 3.63) is 70.1 Å². The van der Waals surface area contributed by atoms with E-state index in [0.717, 1.165) is 10.9 Å². The predicted octanol–water partition coefficient (Wildman–Crippen LogP) is 2.91. The Bertz CT molecular complexity index is 1070. The van der Waals surface area contributed by atoms with Crippen molar-refractivity contribution in [3.63, 3.8) is 0 Å². The van der Waals surface area contributed by atoms with E-state index in [4.69, 9.17) is 13.9 Å². The Morgan fingerprint density at radius 1 is 1.11 bits per heavy atom. The first-order chi connectivity index (χ1) is 13.0. The minimum Gasteiger partial charge on any atom is -0.484 e. The monoisotopic (exact) mass is 367 g/mol. The number of ether oxygens (including phenoxy) is 2. The van der Waals surface area contributed by atoms with Gasteiger partial charge in [0.05, 0.1) is 18.4 Å². The van der Waals surface area contributed by atoms with Crippen molar-refractivity contribution in [3.8, 4) is 5.75 Å². The zero-order valence-corrected chi connectivity index (χ0v) is 14.8. The first kappa shape index (κ1) is 18.2. The molecule has 3 aromatic rings. The number of nitrogens with one attached hydrogen (secondary N) is 1. The van der Waals surface area contributed by atoms with E-state index in [1.165, 1.54) is 13.2 Å². The molecule has 1 N–H and O–H groups in total. The van der Waals surface area contributed by atoms with Crippen molar-refractivity contribution < 1.29 is 23.5 Å². The molecule has 0 radical (unpaired) electrons. The van der Waals surface area contributed by atoms with Crippen molar-refractivity contribution in [2.45, 2.75) is 6.92 Å². The molecule has 1 amide bonds. The normalized spacial score (nSPS) is 10.4. The molecule has 3 rings (SSSR count). The lowest BCUT2D eigenvalue weighted by Gasteiger charge is -2.11. The zero-order chi connectivity index (χ0) is 19.4. The summed E-state index contributed by atoms with van der Waals surface area (Å²) in [6, 6.07) is 12.9. The fourth-order valence-corrected chi connectivity index (χ4v) is 2.61. The van der Waals surface area contributed by atoms with Gasteiger partial charge < -0.3 is 19.2 Å². The molecule has 0 saturated heterocycles. The van der Waals surface area contributed by atoms with Gasteiger partial charge in [-0.25, -0.2) is 9.59 Å². The molecular weight excluding hydrogens is 350 g/mol. The summed E-state index contributed by atoms with van der Waals surface area (Å²) < 4.78 is 15.3. The van der Waals surface area contributed by atoms with Crippen LogP contribution in [0.1, 0.15) is 15.9 Å². The second-order valence-corrected chi connectivity index (χ2v) is 5.78. The van der Waals surface area contributed by atoms with Gasteiger partial charge in [-0.15, -0.1) is 0 Å². The highest BCUT2D eigenvalue weighted by atomic mass is 16.5. The average Bonchev–Trinajstić information content (AvgIpc) is 2.65. The van der Waals surface area contributed by atoms with Crippen LogP contribution in [0.5, 0.6) is 5.75 Å². The molecule has 0 aliphatic carbocycles. The number of esters is 1. The molecule has 0 fully saturated rings. The smallest absolute Gasteiger partial charge is 0.339 e. The molecule has 1 aromatic heterocycles. The predicted molar refractivity (Wildman–Crippen MR) is 99.1 cm³/mol. The number of methoxy groups -OCH3 is 1. The Balaban J connectivity index is 1.70. The summed E-state index contributed by atoms with van der Waals surface area (Å²) >= 11 is 0. The van der Waals surface area contributed by atoms with Crippen molar-refractivity contribution in [1.29, 1.82) is 0 Å². The number of amides is 1. The lowest BCUT2D eigenvalue weighted by molar-refractivity contribution is -0.118. The van der Waals surface area contributed by atoms with Crippen LogP contribution >= 0.6 is 0 Å². The maximum Gasteiger partial charge on any atom is 0.339 e. The quantitative estimate of drug-likeness (QED) is 0.550. The summed E-state index contributed by atoms with van der Waals surface area (Å²) in [6.45, 7) is 1.53. The Morgan fingerprint density at radius 2 is 1.89 bits per heavy atom. The topological polar surface area (TPSA) is 94.8 Å². The number of hydrogen-bond acceptors (Lipinski definition) is 6. The number of aryl methyl sites for hydroxylation is 1. The minimum atomic E-state index is -0.549. The zero-order valence-electron chi connectivity index (χ0n) is 14.8. The first-order valence-corrected chi connectivity index (χ1v) is 8.12. The molecule has 0 saturated carbocycles. The van der Waals surface area contributed by atoms with Crippen LogP contribution in [0.3, 0.4) is 0 Å². The molecule has 0 atom stereocenters. The van der Waals surface area contributed by atoms with Crippen molar-refractivity contribution in [2.24, 2.45) is 0 Å². The molecule has 2 aromatic carbocycles. The Kier molecular flexibility index (Phi) is 5.21. The Labute approximate surface area is 154 Å². The first-order valence-electron chi connectivity index (χ1n) is 8.12. The molecule has 0 bridgehead atoms. The van der Waals surface area contributed by atoms with Crippen LogP contribution in [-0.4, -0.2) is 25.6 Å². The number of hydrogen-bond donors (Lipinski definition) is 1. The van der Waals surface area contributed by atoms with Gasteiger partial charge in [0.1, 0.15) is 11.3 Å². The van der Waals surface area contributed by atoms with Crippen LogP contribution in [0, 0.1) is 6.92 Å². The van der Waals surface area contributed by atoms with Crippen LogP contribution in [0.15, 0.2) is 57.7 Å². The highest BCUT2D eigenvalue weighted by Crippen LogP contribution is 2.22. The van der Waals surface area contributed by atoms with E-state index in [2.05, 4.69) is 5.32 Å². The number of carbonyl (C=O) groups is 2. The van der Waals surface area contributed by atoms with Gasteiger partial charge >= 0.3 is 11.6 Å². The SMILES string of the molecule is COC(=O)c1ccccc1NC(=O)COc1ccc2c(C)cc(=O)oc2c1. The standard InChI is InChI=1S/C20H17NO6/c1-12-9-19(23)27-17-10-13(7-8-14(12)17)26-11-18(22)21-16-6-4-3-5-15(16)20(24)25-2/h3-10H,11H2,1-2H3,(H,21,22). The van der Waals surface area contributed by atoms with Crippen LogP contribution in [0.25, 0.3) is 11.0 Å². The third-order valence-corrected chi connectivity index (χ3v) is 3.90. The van der Waals surface area contributed by atoms with E-state index < -0.39 is 17.5 Å². The van der Waals surface area contributed by atoms with E-state index in [9.17, 15) is 14.4 Å². The van der Waals surface area contributed by atoms with Gasteiger partial charge in [-0.05, 0) is 36.8 Å². The minimum absolute atomic E-state index is 0.247. The van der Waals surface area contributed by atoms with E-state index in [-0.39, 0.29) is 12.2 Å². The molecule has 138 valence electrons. The van der Waals surface area contributed by atoms with Gasteiger partial charge in [0, 0.05) is 17.5 Å². The lowest BCUT2D eigenvalue weighted by atomic mass is 10.1. The largest absolute Gasteiger partial charge is 0.484 e. The third kappa shape index (κ3) is 4.14. The van der Waals surface area contributed by atoms with E-state index in [1.807, 2.05) is 6.92 Å². The van der Waals surface area contributed by atoms with Crippen LogP contribution in [0.4, 0.5) is 5.69 Å². The van der Waals surface area contributed by atoms with Crippen molar-refractivity contribution in [2.75, 3.05) is 19.0 Å². The molecule has 27 heavy (non-hydrogen) atoms. The summed E-state index contributed by atoms with van der Waals surface area (Å²) in [7, 11) is 1.27. The van der Waals surface area contributed by atoms with Crippen LogP contribution < -0.4 is 15.7 Å². The van der Waals surface area contributed by atoms with Gasteiger partial charge in [-0.3, -0.25) is 4.79 Å². The maximum atomic E-state index is 12.2. The highest BCUT2D eigenvalue weighted by Gasteiger charge is 2.13. The summed E-state index contributed by atoms with van der Waals surface area (Å²) in [6.07, 6.45) is 0. The molecule has 7 nitrogen and oxygen atoms in total. The second-order valence-electron chi connectivity index (χ2n) is 5.78. The van der Waals surface area contributed by atoms with Crippen molar-refractivity contribution >= 4 is 28.5 Å². The third-order valence-electron chi connectivity index (χ3n) is 3.90. The van der Waals surface area contributed by atoms with E-state index in [0.29, 0.717) is 17.0 Å². The van der Waals surface area contributed by atoms with Crippen LogP contribution in [-0.2, 0) is 9.53 Å². The number of para-hydroxylation sites is 1. The number of rotatable bonds is 5. The van der Waals surface area contributed by atoms with Gasteiger partial charge in [0.25, 0.3) is 5.91 Å². The number of carbonyl (C=O) groups excluding carboxylic acids is 2. The second kappa shape index (κ2) is 7.74. The number of fused-ring (bicyclic) bond motifs is 1. The summed E-state index contributed by atoms with van der Waals surface area (Å²) in [5, 5.41) is 3.40.